The number of nitrogens with two attached hydrogens (primary N) is 1. The van der Waals surface area contributed by atoms with E-state index in [4.69, 9.17) is 10.5 Å². The molecular formula is C17H28N2O2. The number of benzene rings is 1. The molecule has 0 saturated heterocycles. The van der Waals surface area contributed by atoms with E-state index in [9.17, 15) is 5.11 Å². The van der Waals surface area contributed by atoms with Gasteiger partial charge in [-0.3, -0.25) is 0 Å². The van der Waals surface area contributed by atoms with E-state index in [1.165, 1.54) is 0 Å². The Balaban J connectivity index is 2.14. The summed E-state index contributed by atoms with van der Waals surface area (Å²) < 4.78 is 5.67. The van der Waals surface area contributed by atoms with E-state index in [1.54, 1.807) is 0 Å². The Morgan fingerprint density at radius 3 is 2.71 bits per heavy atom. The maximum Gasteiger partial charge on any atom is 0.144 e. The van der Waals surface area contributed by atoms with Crippen LogP contribution in [0.3, 0.4) is 0 Å². The van der Waals surface area contributed by atoms with E-state index in [-0.39, 0.29) is 12.1 Å². The van der Waals surface area contributed by atoms with E-state index in [1.807, 2.05) is 18.2 Å². The Kier molecular flexibility index (Phi) is 5.34. The lowest BCUT2D eigenvalue weighted by Crippen LogP contribution is -2.45. The van der Waals surface area contributed by atoms with Crippen molar-refractivity contribution in [2.24, 2.45) is 5.92 Å². The first-order valence-electron chi connectivity index (χ1n) is 8.00. The van der Waals surface area contributed by atoms with Gasteiger partial charge in [0, 0.05) is 0 Å². The van der Waals surface area contributed by atoms with E-state index in [2.05, 4.69) is 19.2 Å². The average Bonchev–Trinajstić information content (AvgIpc) is 2.51. The molecule has 1 aromatic carbocycles. The fourth-order valence-corrected chi connectivity index (χ4v) is 2.91. The molecular weight excluding hydrogens is 264 g/mol. The molecule has 1 aliphatic rings. The van der Waals surface area contributed by atoms with E-state index >= 15 is 0 Å². The van der Waals surface area contributed by atoms with Crippen LogP contribution in [-0.4, -0.2) is 23.9 Å². The third kappa shape index (κ3) is 3.82. The molecule has 0 atom stereocenters. The third-order valence-corrected chi connectivity index (χ3v) is 4.46. The molecule has 0 aliphatic heterocycles. The van der Waals surface area contributed by atoms with Crippen LogP contribution in [0.1, 0.15) is 46.0 Å². The fraction of sp³-hybridized carbons (Fsp3) is 0.647. The van der Waals surface area contributed by atoms with E-state index < -0.39 is 0 Å². The molecule has 1 fully saturated rings. The van der Waals surface area contributed by atoms with Crippen LogP contribution in [0.5, 0.6) is 5.75 Å². The Hall–Kier alpha value is -1.42. The number of nitrogen functional groups attached to an aromatic ring is 1. The minimum Gasteiger partial charge on any atom is -0.491 e. The highest BCUT2D eigenvalue weighted by Gasteiger charge is 2.34. The lowest BCUT2D eigenvalue weighted by atomic mass is 9.77. The second-order valence-corrected chi connectivity index (χ2v) is 6.31. The Bertz CT molecular complexity index is 454. The van der Waals surface area contributed by atoms with Crippen LogP contribution >= 0.6 is 0 Å². The quantitative estimate of drug-likeness (QED) is 0.703. The number of rotatable bonds is 6. The van der Waals surface area contributed by atoms with Gasteiger partial charge in [-0.25, -0.2) is 0 Å². The Morgan fingerprint density at radius 1 is 1.38 bits per heavy atom. The number of hydrogen-bond acceptors (Lipinski definition) is 4. The second-order valence-electron chi connectivity index (χ2n) is 6.31. The van der Waals surface area contributed by atoms with E-state index in [0.29, 0.717) is 12.3 Å². The first-order valence-corrected chi connectivity index (χ1v) is 8.00. The first-order chi connectivity index (χ1) is 10.1. The van der Waals surface area contributed by atoms with Gasteiger partial charge in [-0.05, 0) is 50.2 Å². The van der Waals surface area contributed by atoms with Gasteiger partial charge >= 0.3 is 0 Å². The van der Waals surface area contributed by atoms with E-state index in [0.717, 1.165) is 49.5 Å². The summed E-state index contributed by atoms with van der Waals surface area (Å²) in [7, 11) is 0. The van der Waals surface area contributed by atoms with Crippen molar-refractivity contribution in [2.75, 3.05) is 24.3 Å². The van der Waals surface area contributed by atoms with Gasteiger partial charge in [0.15, 0.2) is 0 Å². The molecule has 0 radical (unpaired) electrons. The zero-order chi connectivity index (χ0) is 15.3. The average molecular weight is 292 g/mol. The van der Waals surface area contributed by atoms with Crippen LogP contribution in [-0.2, 0) is 0 Å². The maximum atomic E-state index is 9.86. The zero-order valence-electron chi connectivity index (χ0n) is 13.2. The summed E-state index contributed by atoms with van der Waals surface area (Å²) in [6.45, 7) is 5.15. The van der Waals surface area contributed by atoms with Gasteiger partial charge in [-0.2, -0.15) is 0 Å². The van der Waals surface area contributed by atoms with Gasteiger partial charge in [0.25, 0.3) is 0 Å². The van der Waals surface area contributed by atoms with Crippen LogP contribution < -0.4 is 15.8 Å². The molecule has 0 unspecified atom stereocenters. The summed E-state index contributed by atoms with van der Waals surface area (Å²) in [4.78, 5) is 0. The molecule has 0 bridgehead atoms. The third-order valence-electron chi connectivity index (χ3n) is 4.46. The van der Waals surface area contributed by atoms with Crippen LogP contribution in [0.25, 0.3) is 0 Å². The van der Waals surface area contributed by atoms with Crippen LogP contribution in [0, 0.1) is 5.92 Å². The molecule has 0 heterocycles. The van der Waals surface area contributed by atoms with Crippen molar-refractivity contribution < 1.29 is 9.84 Å². The lowest BCUT2D eigenvalue weighted by Gasteiger charge is -2.40. The number of aliphatic hydroxyl groups excluding tert-OH is 1. The van der Waals surface area contributed by atoms with Crippen molar-refractivity contribution in [2.45, 2.75) is 51.5 Å². The van der Waals surface area contributed by atoms with Crippen LogP contribution in [0.2, 0.25) is 0 Å². The van der Waals surface area contributed by atoms with Crippen molar-refractivity contribution >= 4 is 11.4 Å². The minimum atomic E-state index is -0.246. The summed E-state index contributed by atoms with van der Waals surface area (Å²) in [6, 6.07) is 5.80. The molecule has 4 N–H and O–H groups in total. The molecule has 0 spiro atoms. The summed E-state index contributed by atoms with van der Waals surface area (Å²) in [6.07, 6.45) is 5.18. The van der Waals surface area contributed by atoms with Gasteiger partial charge in [0.05, 0.1) is 30.1 Å². The minimum absolute atomic E-state index is 0.138. The van der Waals surface area contributed by atoms with Crippen molar-refractivity contribution in [3.05, 3.63) is 18.2 Å². The highest BCUT2D eigenvalue weighted by Crippen LogP contribution is 2.37. The second kappa shape index (κ2) is 7.03. The molecule has 1 aliphatic carbocycles. The maximum absolute atomic E-state index is 9.86. The van der Waals surface area contributed by atoms with Crippen molar-refractivity contribution in [1.82, 2.24) is 0 Å². The molecule has 21 heavy (non-hydrogen) atoms. The number of anilines is 2. The molecule has 4 heteroatoms. The van der Waals surface area contributed by atoms with Crippen LogP contribution in [0.4, 0.5) is 11.4 Å². The smallest absolute Gasteiger partial charge is 0.144 e. The van der Waals surface area contributed by atoms with Crippen molar-refractivity contribution in [1.29, 1.82) is 0 Å². The van der Waals surface area contributed by atoms with Gasteiger partial charge in [-0.1, -0.05) is 19.9 Å². The SMILES string of the molecule is CCCOc1cccc(NC2(CO)CCC(C)CC2)c1N. The van der Waals surface area contributed by atoms with Crippen molar-refractivity contribution in [3.8, 4) is 5.75 Å². The van der Waals surface area contributed by atoms with Crippen molar-refractivity contribution in [3.63, 3.8) is 0 Å². The number of hydrogen-bond donors (Lipinski definition) is 3. The largest absolute Gasteiger partial charge is 0.491 e. The predicted molar refractivity (Wildman–Crippen MR) is 87.7 cm³/mol. The molecule has 118 valence electrons. The van der Waals surface area contributed by atoms with Gasteiger partial charge in [0.2, 0.25) is 0 Å². The molecule has 1 saturated carbocycles. The van der Waals surface area contributed by atoms with Gasteiger partial charge in [-0.15, -0.1) is 0 Å². The lowest BCUT2D eigenvalue weighted by molar-refractivity contribution is 0.155. The highest BCUT2D eigenvalue weighted by molar-refractivity contribution is 5.73. The number of para-hydroxylation sites is 1. The molecule has 0 aromatic heterocycles. The molecule has 0 amide bonds. The summed E-state index contributed by atoms with van der Waals surface area (Å²) in [5.74, 6) is 1.46. The fourth-order valence-electron chi connectivity index (χ4n) is 2.91. The predicted octanol–water partition coefficient (Wildman–Crippen LogP) is 3.41. The summed E-state index contributed by atoms with van der Waals surface area (Å²) >= 11 is 0. The number of ether oxygens (including phenoxy) is 1. The monoisotopic (exact) mass is 292 g/mol. The zero-order valence-corrected chi connectivity index (χ0v) is 13.2. The topological polar surface area (TPSA) is 67.5 Å². The Labute approximate surface area is 127 Å². The standard InChI is InChI=1S/C17H28N2O2/c1-3-11-21-15-6-4-5-14(16(15)18)19-17(12-20)9-7-13(2)8-10-17/h4-6,13,19-20H,3,7-12,18H2,1-2H3. The van der Waals surface area contributed by atoms with Gasteiger partial charge in [0.1, 0.15) is 5.75 Å². The summed E-state index contributed by atoms with van der Waals surface area (Å²) in [5, 5.41) is 13.4. The molecule has 2 rings (SSSR count). The molecule has 1 aromatic rings. The van der Waals surface area contributed by atoms with Crippen LogP contribution in [0.15, 0.2) is 18.2 Å². The number of nitrogens with one attached hydrogen (secondary N) is 1. The Morgan fingerprint density at radius 2 is 2.10 bits per heavy atom. The first kappa shape index (κ1) is 16.0. The molecule has 4 nitrogen and oxygen atoms in total. The normalized spacial score (nSPS) is 25.6. The highest BCUT2D eigenvalue weighted by atomic mass is 16.5. The number of aliphatic hydroxyl groups is 1. The van der Waals surface area contributed by atoms with Gasteiger partial charge < -0.3 is 20.9 Å². The summed E-state index contributed by atoms with van der Waals surface area (Å²) in [5.41, 5.74) is 7.47.